The molecule has 1 fully saturated rings. The molecule has 5 rings (SSSR count). The number of nitrogens with zero attached hydrogens (tertiary/aromatic N) is 4. The molecule has 1 saturated carbocycles. The minimum atomic E-state index is -0.906. The maximum atomic E-state index is 14.2. The van der Waals surface area contributed by atoms with Crippen LogP contribution in [0.4, 0.5) is 11.4 Å². The summed E-state index contributed by atoms with van der Waals surface area (Å²) in [6.07, 6.45) is 5.18. The maximum Gasteiger partial charge on any atom is 0.249 e. The Kier molecular flexibility index (Phi) is 8.19. The van der Waals surface area contributed by atoms with Crippen LogP contribution in [-0.4, -0.2) is 38.8 Å². The first-order chi connectivity index (χ1) is 19.4. The number of fused-ring (bicyclic) bond motifs is 1. The molecule has 1 atom stereocenters. The molecular weight excluding hydrogens is 504 g/mol. The average molecular weight is 539 g/mol. The molecule has 2 N–H and O–H groups in total. The van der Waals surface area contributed by atoms with Gasteiger partial charge in [-0.05, 0) is 67.3 Å². The van der Waals surface area contributed by atoms with Gasteiger partial charge in [-0.1, -0.05) is 60.9 Å². The molecule has 40 heavy (non-hydrogen) atoms. The number of anilines is 2. The molecule has 3 amide bonds. The lowest BCUT2D eigenvalue weighted by Crippen LogP contribution is -2.48. The number of rotatable bonds is 8. The summed E-state index contributed by atoms with van der Waals surface area (Å²) in [5.41, 5.74) is 4.22. The van der Waals surface area contributed by atoms with Gasteiger partial charge in [0, 0.05) is 24.3 Å². The summed E-state index contributed by atoms with van der Waals surface area (Å²) in [5.74, 6) is -0.720. The van der Waals surface area contributed by atoms with Gasteiger partial charge in [-0.25, -0.2) is 4.68 Å². The van der Waals surface area contributed by atoms with Crippen LogP contribution in [-0.2, 0) is 20.9 Å². The summed E-state index contributed by atoms with van der Waals surface area (Å²) < 4.78 is 1.56. The Morgan fingerprint density at radius 1 is 0.950 bits per heavy atom. The van der Waals surface area contributed by atoms with Gasteiger partial charge in [0.05, 0.1) is 5.52 Å². The molecule has 1 aliphatic carbocycles. The van der Waals surface area contributed by atoms with E-state index in [1.807, 2.05) is 55.5 Å². The Labute approximate surface area is 233 Å². The number of hydrogen-bond acceptors (Lipinski definition) is 5. The number of carbonyl (C=O) groups is 3. The Hall–Kier alpha value is -4.53. The van der Waals surface area contributed by atoms with Crippen LogP contribution in [0.25, 0.3) is 11.0 Å². The first-order valence-electron chi connectivity index (χ1n) is 13.7. The van der Waals surface area contributed by atoms with Crippen LogP contribution in [0.1, 0.15) is 56.2 Å². The van der Waals surface area contributed by atoms with Crippen molar-refractivity contribution in [1.29, 1.82) is 0 Å². The molecule has 0 bridgehead atoms. The van der Waals surface area contributed by atoms with E-state index in [9.17, 15) is 14.4 Å². The van der Waals surface area contributed by atoms with Crippen LogP contribution in [0.3, 0.4) is 0 Å². The summed E-state index contributed by atoms with van der Waals surface area (Å²) in [7, 11) is 0. The lowest BCUT2D eigenvalue weighted by Gasteiger charge is -2.34. The van der Waals surface area contributed by atoms with Crippen molar-refractivity contribution in [3.63, 3.8) is 0 Å². The molecule has 0 aliphatic heterocycles. The zero-order chi connectivity index (χ0) is 28.1. The van der Waals surface area contributed by atoms with Crippen molar-refractivity contribution in [3.8, 4) is 0 Å². The van der Waals surface area contributed by atoms with Gasteiger partial charge in [-0.15, -0.1) is 5.10 Å². The van der Waals surface area contributed by atoms with E-state index in [1.54, 1.807) is 33.8 Å². The second-order valence-electron chi connectivity index (χ2n) is 10.3. The molecule has 0 spiro atoms. The van der Waals surface area contributed by atoms with E-state index < -0.39 is 6.04 Å². The quantitative estimate of drug-likeness (QED) is 0.331. The minimum Gasteiger partial charge on any atom is -0.351 e. The number of aryl methyl sites for hydroxylation is 1. The highest BCUT2D eigenvalue weighted by Crippen LogP contribution is 2.32. The normalized spacial score (nSPS) is 14.4. The minimum absolute atomic E-state index is 0.0751. The van der Waals surface area contributed by atoms with Gasteiger partial charge in [-0.2, -0.15) is 0 Å². The van der Waals surface area contributed by atoms with Crippen molar-refractivity contribution in [2.75, 3.05) is 10.2 Å². The molecule has 3 aromatic carbocycles. The second-order valence-corrected chi connectivity index (χ2v) is 10.3. The molecule has 9 heteroatoms. The van der Waals surface area contributed by atoms with E-state index in [-0.39, 0.29) is 30.3 Å². The first kappa shape index (κ1) is 27.1. The molecule has 0 saturated heterocycles. The van der Waals surface area contributed by atoms with Gasteiger partial charge in [0.15, 0.2) is 0 Å². The first-order valence-corrected chi connectivity index (χ1v) is 13.7. The highest BCUT2D eigenvalue weighted by atomic mass is 16.2. The summed E-state index contributed by atoms with van der Waals surface area (Å²) in [5, 5.41) is 14.4. The molecule has 1 aliphatic rings. The molecule has 0 radical (unpaired) electrons. The van der Waals surface area contributed by atoms with Gasteiger partial charge in [0.2, 0.25) is 17.7 Å². The van der Waals surface area contributed by atoms with E-state index in [0.29, 0.717) is 16.9 Å². The van der Waals surface area contributed by atoms with E-state index in [4.69, 9.17) is 0 Å². The lowest BCUT2D eigenvalue weighted by atomic mass is 9.93. The molecule has 1 aromatic heterocycles. The molecule has 1 heterocycles. The van der Waals surface area contributed by atoms with Crippen molar-refractivity contribution in [1.82, 2.24) is 20.3 Å². The van der Waals surface area contributed by atoms with Crippen molar-refractivity contribution >= 4 is 40.1 Å². The molecule has 206 valence electrons. The number of benzene rings is 3. The lowest BCUT2D eigenvalue weighted by molar-refractivity contribution is -0.127. The van der Waals surface area contributed by atoms with Crippen molar-refractivity contribution < 1.29 is 14.4 Å². The smallest absolute Gasteiger partial charge is 0.249 e. The van der Waals surface area contributed by atoms with E-state index in [1.165, 1.54) is 13.3 Å². The molecular formula is C31H34N6O3. The third-order valence-electron chi connectivity index (χ3n) is 7.38. The highest BCUT2D eigenvalue weighted by molar-refractivity contribution is 6.02. The molecule has 0 unspecified atom stereocenters. The summed E-state index contributed by atoms with van der Waals surface area (Å²) >= 11 is 0. The number of hydrogen-bond donors (Lipinski definition) is 2. The number of para-hydroxylation sites is 1. The fourth-order valence-electron chi connectivity index (χ4n) is 5.40. The van der Waals surface area contributed by atoms with Gasteiger partial charge in [0.1, 0.15) is 18.1 Å². The number of amides is 3. The van der Waals surface area contributed by atoms with E-state index in [2.05, 4.69) is 20.9 Å². The van der Waals surface area contributed by atoms with Crippen molar-refractivity contribution in [2.45, 2.75) is 64.6 Å². The van der Waals surface area contributed by atoms with Gasteiger partial charge >= 0.3 is 0 Å². The average Bonchev–Trinajstić information content (AvgIpc) is 3.35. The van der Waals surface area contributed by atoms with Crippen LogP contribution in [0, 0.1) is 6.92 Å². The monoisotopic (exact) mass is 538 g/mol. The van der Waals surface area contributed by atoms with Gasteiger partial charge in [0.25, 0.3) is 0 Å². The van der Waals surface area contributed by atoms with Crippen LogP contribution < -0.4 is 15.5 Å². The topological polar surface area (TPSA) is 109 Å². The summed E-state index contributed by atoms with van der Waals surface area (Å²) in [4.78, 5) is 41.5. The van der Waals surface area contributed by atoms with E-state index in [0.717, 1.165) is 42.3 Å². The number of nitrogens with one attached hydrogen (secondary N) is 2. The standard InChI is InChI=1S/C31H34N6O3/c1-21-10-6-7-13-26(21)30(31(40)33-23-11-4-3-5-12-23)37(25-18-16-24(17-19-25)32-22(2)38)29(39)20-36-28-15-9-8-14-27(28)34-35-36/h6-10,13-19,23,30H,3-5,11-12,20H2,1-2H3,(H,32,38)(H,33,40)/t30-/m0/s1. The van der Waals surface area contributed by atoms with Crippen LogP contribution in [0.5, 0.6) is 0 Å². The maximum absolute atomic E-state index is 14.2. The Balaban J connectivity index is 1.57. The predicted octanol–water partition coefficient (Wildman–Crippen LogP) is 4.92. The summed E-state index contributed by atoms with van der Waals surface area (Å²) in [6.45, 7) is 3.28. The van der Waals surface area contributed by atoms with Gasteiger partial charge in [-0.3, -0.25) is 19.3 Å². The highest BCUT2D eigenvalue weighted by Gasteiger charge is 2.35. The Morgan fingerprint density at radius 3 is 2.38 bits per heavy atom. The van der Waals surface area contributed by atoms with Crippen LogP contribution in [0.2, 0.25) is 0 Å². The van der Waals surface area contributed by atoms with Crippen molar-refractivity contribution in [3.05, 3.63) is 83.9 Å². The third-order valence-corrected chi connectivity index (χ3v) is 7.38. The fourth-order valence-corrected chi connectivity index (χ4v) is 5.40. The van der Waals surface area contributed by atoms with Crippen molar-refractivity contribution in [2.24, 2.45) is 0 Å². The Bertz CT molecular complexity index is 1510. The SMILES string of the molecule is CC(=O)Nc1ccc(N(C(=O)Cn2nnc3ccccc32)[C@H](C(=O)NC2CCCCC2)c2ccccc2C)cc1. The molecule has 4 aromatic rings. The largest absolute Gasteiger partial charge is 0.351 e. The summed E-state index contributed by atoms with van der Waals surface area (Å²) in [6, 6.07) is 21.2. The van der Waals surface area contributed by atoms with E-state index >= 15 is 0 Å². The number of aromatic nitrogens is 3. The van der Waals surface area contributed by atoms with Crippen LogP contribution in [0.15, 0.2) is 72.8 Å². The predicted molar refractivity (Wildman–Crippen MR) is 155 cm³/mol. The Morgan fingerprint density at radius 2 is 1.65 bits per heavy atom. The van der Waals surface area contributed by atoms with Gasteiger partial charge < -0.3 is 10.6 Å². The fraction of sp³-hybridized carbons (Fsp3) is 0.323. The van der Waals surface area contributed by atoms with Crippen LogP contribution >= 0.6 is 0 Å². The second kappa shape index (κ2) is 12.1. The third kappa shape index (κ3) is 6.03. The zero-order valence-electron chi connectivity index (χ0n) is 22.8. The number of carbonyl (C=O) groups excluding carboxylic acids is 3. The molecule has 9 nitrogen and oxygen atoms in total. The zero-order valence-corrected chi connectivity index (χ0v) is 22.8.